The Morgan fingerprint density at radius 1 is 1.37 bits per heavy atom. The van der Waals surface area contributed by atoms with E-state index in [1.807, 2.05) is 7.11 Å². The van der Waals surface area contributed by atoms with Gasteiger partial charge in [0.25, 0.3) is 0 Å². The van der Waals surface area contributed by atoms with Crippen molar-refractivity contribution in [2.45, 2.75) is 71.6 Å². The summed E-state index contributed by atoms with van der Waals surface area (Å²) in [4.78, 5) is 2.65. The Morgan fingerprint density at radius 2 is 2.05 bits per heavy atom. The van der Waals surface area contributed by atoms with Crippen molar-refractivity contribution in [3.63, 3.8) is 0 Å². The molecule has 2 atom stereocenters. The molecule has 0 aromatic heterocycles. The number of nitrogens with one attached hydrogen (secondary N) is 1. The largest absolute Gasteiger partial charge is 0.379 e. The van der Waals surface area contributed by atoms with E-state index in [0.717, 1.165) is 25.4 Å². The van der Waals surface area contributed by atoms with Crippen molar-refractivity contribution in [3.8, 4) is 0 Å². The van der Waals surface area contributed by atoms with Crippen molar-refractivity contribution in [2.24, 2.45) is 5.92 Å². The maximum atomic E-state index is 5.54. The van der Waals surface area contributed by atoms with E-state index >= 15 is 0 Å². The molecule has 3 nitrogen and oxygen atoms in total. The van der Waals surface area contributed by atoms with E-state index in [1.165, 1.54) is 19.4 Å². The highest BCUT2D eigenvalue weighted by molar-refractivity contribution is 4.83. The Labute approximate surface area is 120 Å². The molecule has 0 radical (unpaired) electrons. The summed E-state index contributed by atoms with van der Waals surface area (Å²) in [5.74, 6) is 0.767. The van der Waals surface area contributed by atoms with Gasteiger partial charge in [-0.25, -0.2) is 0 Å². The van der Waals surface area contributed by atoms with Gasteiger partial charge in [0.05, 0.1) is 5.60 Å². The fraction of sp³-hybridized carbons (Fsp3) is 1.00. The highest BCUT2D eigenvalue weighted by Crippen LogP contribution is 2.18. The molecule has 0 bridgehead atoms. The third-order valence-electron chi connectivity index (χ3n) is 4.38. The molecule has 0 aromatic rings. The van der Waals surface area contributed by atoms with Crippen LogP contribution in [0.4, 0.5) is 0 Å². The molecule has 1 aliphatic rings. The third-order valence-corrected chi connectivity index (χ3v) is 4.38. The van der Waals surface area contributed by atoms with Gasteiger partial charge in [0.2, 0.25) is 0 Å². The van der Waals surface area contributed by atoms with Crippen molar-refractivity contribution in [1.82, 2.24) is 10.2 Å². The summed E-state index contributed by atoms with van der Waals surface area (Å²) in [5.41, 5.74) is -0.00695. The zero-order valence-corrected chi connectivity index (χ0v) is 13.8. The van der Waals surface area contributed by atoms with Gasteiger partial charge in [0, 0.05) is 32.3 Å². The average molecular weight is 270 g/mol. The van der Waals surface area contributed by atoms with E-state index < -0.39 is 0 Å². The van der Waals surface area contributed by atoms with Crippen LogP contribution in [0.1, 0.15) is 53.9 Å². The lowest BCUT2D eigenvalue weighted by atomic mass is 10.0. The molecule has 0 amide bonds. The van der Waals surface area contributed by atoms with Gasteiger partial charge in [-0.2, -0.15) is 0 Å². The van der Waals surface area contributed by atoms with E-state index in [1.54, 1.807) is 0 Å². The average Bonchev–Trinajstić information content (AvgIpc) is 2.49. The number of methoxy groups -OCH3 is 1. The topological polar surface area (TPSA) is 24.5 Å². The molecule has 19 heavy (non-hydrogen) atoms. The van der Waals surface area contributed by atoms with Crippen LogP contribution < -0.4 is 5.32 Å². The fourth-order valence-corrected chi connectivity index (χ4v) is 2.76. The fourth-order valence-electron chi connectivity index (χ4n) is 2.76. The summed E-state index contributed by atoms with van der Waals surface area (Å²) >= 11 is 0. The predicted molar refractivity (Wildman–Crippen MR) is 82.6 cm³/mol. The third kappa shape index (κ3) is 6.24. The zero-order valence-electron chi connectivity index (χ0n) is 13.8. The molecule has 0 spiro atoms. The van der Waals surface area contributed by atoms with Crippen molar-refractivity contribution in [3.05, 3.63) is 0 Å². The van der Waals surface area contributed by atoms with E-state index in [9.17, 15) is 0 Å². The summed E-state index contributed by atoms with van der Waals surface area (Å²) in [6, 6.07) is 1.33. The minimum absolute atomic E-state index is 0.00695. The molecule has 3 heteroatoms. The first-order chi connectivity index (χ1) is 8.84. The second-order valence-corrected chi connectivity index (χ2v) is 7.13. The van der Waals surface area contributed by atoms with Crippen molar-refractivity contribution >= 4 is 0 Å². The molecule has 1 fully saturated rings. The summed E-state index contributed by atoms with van der Waals surface area (Å²) < 4.78 is 5.54. The Hall–Kier alpha value is -0.120. The number of nitrogens with zero attached hydrogens (tertiary/aromatic N) is 1. The van der Waals surface area contributed by atoms with Gasteiger partial charge in [0.1, 0.15) is 0 Å². The molecule has 1 saturated heterocycles. The Bertz CT molecular complexity index is 253. The molecule has 1 rings (SSSR count). The molecule has 114 valence electrons. The number of hydrogen-bond donors (Lipinski definition) is 1. The van der Waals surface area contributed by atoms with Gasteiger partial charge in [-0.3, -0.25) is 4.90 Å². The SMILES string of the molecule is COC(C)(C)CCN1CC(CC(C)C)NCCC1C. The van der Waals surface area contributed by atoms with E-state index in [2.05, 4.69) is 44.8 Å². The van der Waals surface area contributed by atoms with Gasteiger partial charge in [-0.05, 0) is 52.5 Å². The Morgan fingerprint density at radius 3 is 2.63 bits per heavy atom. The second kappa shape index (κ2) is 7.61. The Balaban J connectivity index is 2.52. The lowest BCUT2D eigenvalue weighted by Gasteiger charge is -2.33. The van der Waals surface area contributed by atoms with Crippen LogP contribution in [0.5, 0.6) is 0 Å². The van der Waals surface area contributed by atoms with Crippen LogP contribution >= 0.6 is 0 Å². The van der Waals surface area contributed by atoms with Gasteiger partial charge in [0.15, 0.2) is 0 Å². The second-order valence-electron chi connectivity index (χ2n) is 7.13. The standard InChI is InChI=1S/C16H34N2O/c1-13(2)11-15-12-18(14(3)7-9-17-15)10-8-16(4,5)19-6/h13-15,17H,7-12H2,1-6H3. The van der Waals surface area contributed by atoms with Crippen molar-refractivity contribution in [2.75, 3.05) is 26.7 Å². The molecule has 2 unspecified atom stereocenters. The summed E-state index contributed by atoms with van der Waals surface area (Å²) in [7, 11) is 1.81. The first-order valence-electron chi connectivity index (χ1n) is 7.86. The zero-order chi connectivity index (χ0) is 14.5. The first-order valence-corrected chi connectivity index (χ1v) is 7.86. The highest BCUT2D eigenvalue weighted by atomic mass is 16.5. The van der Waals surface area contributed by atoms with Crippen LogP contribution in [0.2, 0.25) is 0 Å². The predicted octanol–water partition coefficient (Wildman–Crippen LogP) is 2.90. The first kappa shape index (κ1) is 16.9. The lowest BCUT2D eigenvalue weighted by molar-refractivity contribution is 0.00419. The number of rotatable bonds is 6. The van der Waals surface area contributed by atoms with Crippen LogP contribution in [-0.2, 0) is 4.74 Å². The maximum Gasteiger partial charge on any atom is 0.0634 e. The molecule has 1 heterocycles. The van der Waals surface area contributed by atoms with Crippen LogP contribution in [0.25, 0.3) is 0 Å². The highest BCUT2D eigenvalue weighted by Gasteiger charge is 2.25. The maximum absolute atomic E-state index is 5.54. The molecule has 1 N–H and O–H groups in total. The molecule has 0 aliphatic carbocycles. The quantitative estimate of drug-likeness (QED) is 0.803. The smallest absolute Gasteiger partial charge is 0.0634 e. The lowest BCUT2D eigenvalue weighted by Crippen LogP contribution is -2.43. The molecule has 0 saturated carbocycles. The molecular formula is C16H34N2O. The summed E-state index contributed by atoms with van der Waals surface area (Å²) in [6.45, 7) is 14.8. The van der Waals surface area contributed by atoms with Gasteiger partial charge < -0.3 is 10.1 Å². The number of ether oxygens (including phenoxy) is 1. The van der Waals surface area contributed by atoms with Crippen LogP contribution in [0, 0.1) is 5.92 Å². The van der Waals surface area contributed by atoms with Crippen LogP contribution in [0.3, 0.4) is 0 Å². The normalized spacial score (nSPS) is 26.7. The summed E-state index contributed by atoms with van der Waals surface area (Å²) in [6.07, 6.45) is 3.63. The molecule has 1 aliphatic heterocycles. The minimum Gasteiger partial charge on any atom is -0.379 e. The van der Waals surface area contributed by atoms with Gasteiger partial charge in [-0.1, -0.05) is 13.8 Å². The number of hydrogen-bond acceptors (Lipinski definition) is 3. The van der Waals surface area contributed by atoms with Crippen LogP contribution in [0.15, 0.2) is 0 Å². The van der Waals surface area contributed by atoms with E-state index in [0.29, 0.717) is 12.1 Å². The van der Waals surface area contributed by atoms with E-state index in [-0.39, 0.29) is 5.60 Å². The van der Waals surface area contributed by atoms with E-state index in [4.69, 9.17) is 4.74 Å². The molecular weight excluding hydrogens is 236 g/mol. The van der Waals surface area contributed by atoms with Crippen LogP contribution in [-0.4, -0.2) is 49.3 Å². The monoisotopic (exact) mass is 270 g/mol. The Kier molecular flexibility index (Phi) is 6.78. The summed E-state index contributed by atoms with van der Waals surface area (Å²) in [5, 5.41) is 3.71. The molecule has 0 aromatic carbocycles. The minimum atomic E-state index is -0.00695. The van der Waals surface area contributed by atoms with Crippen molar-refractivity contribution < 1.29 is 4.74 Å². The van der Waals surface area contributed by atoms with Gasteiger partial charge >= 0.3 is 0 Å². The van der Waals surface area contributed by atoms with Gasteiger partial charge in [-0.15, -0.1) is 0 Å². The van der Waals surface area contributed by atoms with Crippen molar-refractivity contribution in [1.29, 1.82) is 0 Å².